The van der Waals surface area contributed by atoms with Crippen molar-refractivity contribution in [2.24, 2.45) is 5.92 Å². The molecular weight excluding hydrogens is 424 g/mol. The van der Waals surface area contributed by atoms with Gasteiger partial charge >= 0.3 is 0 Å². The fourth-order valence-corrected chi connectivity index (χ4v) is 6.09. The van der Waals surface area contributed by atoms with Crippen molar-refractivity contribution in [3.63, 3.8) is 0 Å². The zero-order chi connectivity index (χ0) is 21.4. The van der Waals surface area contributed by atoms with E-state index in [1.807, 2.05) is 48.5 Å². The zero-order valence-electron chi connectivity index (χ0n) is 17.6. The molecular formula is C25H24N2O2S2. The van der Waals surface area contributed by atoms with E-state index in [0.717, 1.165) is 43.7 Å². The maximum absolute atomic E-state index is 13.8. The molecule has 0 spiro atoms. The Kier molecular flexibility index (Phi) is 5.69. The van der Waals surface area contributed by atoms with Crippen LogP contribution >= 0.6 is 23.1 Å². The number of rotatable bonds is 5. The molecule has 4 nitrogen and oxygen atoms in total. The molecule has 0 aliphatic carbocycles. The first-order chi connectivity index (χ1) is 15.1. The molecule has 1 aliphatic heterocycles. The van der Waals surface area contributed by atoms with Crippen molar-refractivity contribution in [3.8, 4) is 5.69 Å². The molecule has 2 aromatic carbocycles. The highest BCUT2D eigenvalue weighted by molar-refractivity contribution is 7.98. The summed E-state index contributed by atoms with van der Waals surface area (Å²) in [6.07, 6.45) is 0.914. The molecule has 0 fully saturated rings. The van der Waals surface area contributed by atoms with E-state index >= 15 is 0 Å². The van der Waals surface area contributed by atoms with Crippen LogP contribution < -0.4 is 5.56 Å². The van der Waals surface area contributed by atoms with Gasteiger partial charge in [-0.2, -0.15) is 0 Å². The summed E-state index contributed by atoms with van der Waals surface area (Å²) in [5, 5.41) is 1.49. The van der Waals surface area contributed by atoms with Crippen molar-refractivity contribution < 1.29 is 4.74 Å². The second kappa shape index (κ2) is 8.61. The van der Waals surface area contributed by atoms with Crippen molar-refractivity contribution in [3.05, 3.63) is 87.0 Å². The zero-order valence-corrected chi connectivity index (χ0v) is 19.2. The molecule has 1 atom stereocenters. The third-order valence-electron chi connectivity index (χ3n) is 5.68. The predicted molar refractivity (Wildman–Crippen MR) is 128 cm³/mol. The minimum Gasteiger partial charge on any atom is -0.372 e. The molecule has 0 saturated heterocycles. The molecule has 1 aliphatic rings. The lowest BCUT2D eigenvalue weighted by atomic mass is 9.96. The summed E-state index contributed by atoms with van der Waals surface area (Å²) in [5.74, 6) is 1.17. The summed E-state index contributed by atoms with van der Waals surface area (Å²) in [6, 6.07) is 20.1. The van der Waals surface area contributed by atoms with Gasteiger partial charge in [0.2, 0.25) is 0 Å². The van der Waals surface area contributed by atoms with E-state index in [4.69, 9.17) is 9.72 Å². The SMILES string of the molecule is CC(C)C1Cc2c(sc3nc(SCc4ccccc4)n(-c4ccccc4)c(=O)c23)CO1. The Bertz CT molecular complexity index is 1260. The molecule has 1 unspecified atom stereocenters. The average molecular weight is 449 g/mol. The van der Waals surface area contributed by atoms with Gasteiger partial charge in [0, 0.05) is 17.1 Å². The van der Waals surface area contributed by atoms with Crippen LogP contribution in [0.2, 0.25) is 0 Å². The van der Waals surface area contributed by atoms with E-state index in [0.29, 0.717) is 12.5 Å². The number of hydrogen-bond donors (Lipinski definition) is 0. The van der Waals surface area contributed by atoms with Crippen molar-refractivity contribution in [1.29, 1.82) is 0 Å². The monoisotopic (exact) mass is 448 g/mol. The molecule has 31 heavy (non-hydrogen) atoms. The molecule has 0 N–H and O–H groups in total. The van der Waals surface area contributed by atoms with E-state index in [1.54, 1.807) is 27.7 Å². The van der Waals surface area contributed by atoms with Crippen molar-refractivity contribution >= 4 is 33.3 Å². The summed E-state index contributed by atoms with van der Waals surface area (Å²) < 4.78 is 7.83. The van der Waals surface area contributed by atoms with Gasteiger partial charge in [0.25, 0.3) is 5.56 Å². The van der Waals surface area contributed by atoms with Gasteiger partial charge in [-0.1, -0.05) is 74.1 Å². The summed E-state index contributed by atoms with van der Waals surface area (Å²) in [5.41, 5.74) is 3.21. The maximum atomic E-state index is 13.8. The summed E-state index contributed by atoms with van der Waals surface area (Å²) in [4.78, 5) is 20.8. The number of aromatic nitrogens is 2. The Balaban J connectivity index is 1.65. The number of thioether (sulfide) groups is 1. The van der Waals surface area contributed by atoms with E-state index in [1.165, 1.54) is 5.56 Å². The number of hydrogen-bond acceptors (Lipinski definition) is 5. The average Bonchev–Trinajstić information content (AvgIpc) is 3.17. The largest absolute Gasteiger partial charge is 0.372 e. The van der Waals surface area contributed by atoms with Crippen LogP contribution in [0, 0.1) is 5.92 Å². The van der Waals surface area contributed by atoms with Crippen LogP contribution in [-0.4, -0.2) is 15.7 Å². The molecule has 5 rings (SSSR count). The lowest BCUT2D eigenvalue weighted by molar-refractivity contribution is 0.00200. The first-order valence-electron chi connectivity index (χ1n) is 10.5. The molecule has 0 radical (unpaired) electrons. The van der Waals surface area contributed by atoms with E-state index < -0.39 is 0 Å². The number of ether oxygens (including phenoxy) is 1. The Hall–Kier alpha value is -2.41. The lowest BCUT2D eigenvalue weighted by Crippen LogP contribution is -2.28. The first-order valence-corrected chi connectivity index (χ1v) is 12.3. The first kappa shape index (κ1) is 20.5. The lowest BCUT2D eigenvalue weighted by Gasteiger charge is -2.26. The van der Waals surface area contributed by atoms with Crippen molar-refractivity contribution in [2.45, 2.75) is 43.9 Å². The van der Waals surface area contributed by atoms with Gasteiger partial charge in [-0.25, -0.2) is 4.98 Å². The number of benzene rings is 2. The smallest absolute Gasteiger partial charge is 0.267 e. The molecule has 2 aromatic heterocycles. The minimum atomic E-state index is 0.0219. The van der Waals surface area contributed by atoms with Crippen molar-refractivity contribution in [2.75, 3.05) is 0 Å². The Labute approximate surface area is 189 Å². The second-order valence-electron chi connectivity index (χ2n) is 8.13. The number of thiophene rings is 1. The number of para-hydroxylation sites is 1. The molecule has 0 amide bonds. The van der Waals surface area contributed by atoms with Gasteiger partial charge in [-0.05, 0) is 29.2 Å². The quantitative estimate of drug-likeness (QED) is 0.284. The highest BCUT2D eigenvalue weighted by atomic mass is 32.2. The van der Waals surface area contributed by atoms with E-state index in [9.17, 15) is 4.79 Å². The van der Waals surface area contributed by atoms with Crippen LogP contribution in [0.5, 0.6) is 0 Å². The Morgan fingerprint density at radius 3 is 2.55 bits per heavy atom. The molecule has 6 heteroatoms. The molecule has 0 saturated carbocycles. The Morgan fingerprint density at radius 2 is 1.84 bits per heavy atom. The molecule has 3 heterocycles. The minimum absolute atomic E-state index is 0.0219. The van der Waals surface area contributed by atoms with Gasteiger partial charge < -0.3 is 4.74 Å². The highest BCUT2D eigenvalue weighted by Crippen LogP contribution is 2.36. The fourth-order valence-electron chi connectivity index (χ4n) is 3.96. The molecule has 0 bridgehead atoms. The molecule has 4 aromatic rings. The topological polar surface area (TPSA) is 44.1 Å². The van der Waals surface area contributed by atoms with Gasteiger partial charge in [0.1, 0.15) is 4.83 Å². The van der Waals surface area contributed by atoms with Crippen LogP contribution in [0.4, 0.5) is 0 Å². The standard InChI is InChI=1S/C25H24N2O2S2/c1-16(2)20-13-19-21(14-29-20)31-23-22(19)24(28)27(18-11-7-4-8-12-18)25(26-23)30-15-17-9-5-3-6-10-17/h3-12,16,20H,13-15H2,1-2H3. The van der Waals surface area contributed by atoms with Gasteiger partial charge in [-0.15, -0.1) is 11.3 Å². The van der Waals surface area contributed by atoms with Gasteiger partial charge in [-0.3, -0.25) is 9.36 Å². The second-order valence-corrected chi connectivity index (χ2v) is 10.2. The summed E-state index contributed by atoms with van der Waals surface area (Å²) in [6.45, 7) is 4.91. The van der Waals surface area contributed by atoms with Gasteiger partial charge in [0.15, 0.2) is 5.16 Å². The Morgan fingerprint density at radius 1 is 1.13 bits per heavy atom. The number of nitrogens with zero attached hydrogens (tertiary/aromatic N) is 2. The van der Waals surface area contributed by atoms with Crippen LogP contribution in [0.15, 0.2) is 70.6 Å². The van der Waals surface area contributed by atoms with Crippen LogP contribution in [0.3, 0.4) is 0 Å². The van der Waals surface area contributed by atoms with Crippen LogP contribution in [0.1, 0.15) is 29.9 Å². The third kappa shape index (κ3) is 3.95. The van der Waals surface area contributed by atoms with Crippen molar-refractivity contribution in [1.82, 2.24) is 9.55 Å². The highest BCUT2D eigenvalue weighted by Gasteiger charge is 2.28. The van der Waals surface area contributed by atoms with Gasteiger partial charge in [0.05, 0.1) is 23.8 Å². The van der Waals surface area contributed by atoms with E-state index in [-0.39, 0.29) is 11.7 Å². The fraction of sp³-hybridized carbons (Fsp3) is 0.280. The summed E-state index contributed by atoms with van der Waals surface area (Å²) >= 11 is 3.21. The number of fused-ring (bicyclic) bond motifs is 3. The van der Waals surface area contributed by atoms with E-state index in [2.05, 4.69) is 26.0 Å². The normalized spacial score (nSPS) is 16.0. The molecule has 158 valence electrons. The third-order valence-corrected chi connectivity index (χ3v) is 7.79. The summed E-state index contributed by atoms with van der Waals surface area (Å²) in [7, 11) is 0. The maximum Gasteiger partial charge on any atom is 0.267 e. The predicted octanol–water partition coefficient (Wildman–Crippen LogP) is 5.84. The van der Waals surface area contributed by atoms with Crippen LogP contribution in [0.25, 0.3) is 15.9 Å². The van der Waals surface area contributed by atoms with Crippen LogP contribution in [-0.2, 0) is 23.5 Å².